The van der Waals surface area contributed by atoms with E-state index in [9.17, 15) is 9.59 Å². The molecular weight excluding hydrogens is 384 g/mol. The zero-order chi connectivity index (χ0) is 20.7. The highest BCUT2D eigenvalue weighted by atomic mass is 35.5. The molecule has 2 aromatic rings. The van der Waals surface area contributed by atoms with Crippen molar-refractivity contribution in [3.05, 3.63) is 69.9 Å². The van der Waals surface area contributed by atoms with Crippen molar-refractivity contribution >= 4 is 34.7 Å². The Balaban J connectivity index is 1.85. The average molecular weight is 409 g/mol. The van der Waals surface area contributed by atoms with Crippen molar-refractivity contribution in [1.82, 2.24) is 4.90 Å². The van der Waals surface area contributed by atoms with E-state index in [-0.39, 0.29) is 11.8 Å². The van der Waals surface area contributed by atoms with E-state index >= 15 is 0 Å². The van der Waals surface area contributed by atoms with E-state index in [4.69, 9.17) is 11.6 Å². The first-order valence-electron chi connectivity index (χ1n) is 10.1. The van der Waals surface area contributed by atoms with Gasteiger partial charge >= 0.3 is 0 Å². The molecule has 2 aromatic carbocycles. The SMILES string of the molecule is Cc1ccc(C2=C(N3CCCC(C)C3)C(=O)N(c3cccc(Cl)c3C)C2=O)cc1. The molecule has 1 unspecified atom stereocenters. The fraction of sp³-hybridized carbons (Fsp3) is 0.333. The summed E-state index contributed by atoms with van der Waals surface area (Å²) in [5, 5.41) is 0.542. The van der Waals surface area contributed by atoms with E-state index in [1.807, 2.05) is 38.1 Å². The van der Waals surface area contributed by atoms with E-state index in [2.05, 4.69) is 11.8 Å². The number of rotatable bonds is 3. The molecule has 4 nitrogen and oxygen atoms in total. The van der Waals surface area contributed by atoms with Gasteiger partial charge in [0.15, 0.2) is 0 Å². The summed E-state index contributed by atoms with van der Waals surface area (Å²) >= 11 is 6.29. The van der Waals surface area contributed by atoms with Gasteiger partial charge in [-0.1, -0.05) is 54.4 Å². The van der Waals surface area contributed by atoms with Gasteiger partial charge in [-0.3, -0.25) is 9.59 Å². The van der Waals surface area contributed by atoms with E-state index in [1.165, 1.54) is 4.90 Å². The van der Waals surface area contributed by atoms with Crippen LogP contribution in [0.4, 0.5) is 5.69 Å². The third-order valence-electron chi connectivity index (χ3n) is 5.85. The van der Waals surface area contributed by atoms with Gasteiger partial charge in [0.05, 0.1) is 11.3 Å². The molecule has 0 aliphatic carbocycles. The number of hydrogen-bond donors (Lipinski definition) is 0. The summed E-state index contributed by atoms with van der Waals surface area (Å²) in [5.41, 5.74) is 4.18. The van der Waals surface area contributed by atoms with Crippen LogP contribution in [0.25, 0.3) is 5.57 Å². The predicted molar refractivity (Wildman–Crippen MR) is 117 cm³/mol. The Morgan fingerprint density at radius 1 is 1.00 bits per heavy atom. The number of aryl methyl sites for hydroxylation is 1. The van der Waals surface area contributed by atoms with Crippen LogP contribution in [0.2, 0.25) is 5.02 Å². The number of amides is 2. The highest BCUT2D eigenvalue weighted by molar-refractivity contribution is 6.46. The monoisotopic (exact) mass is 408 g/mol. The lowest BCUT2D eigenvalue weighted by molar-refractivity contribution is -0.120. The molecule has 4 rings (SSSR count). The minimum Gasteiger partial charge on any atom is -0.366 e. The van der Waals surface area contributed by atoms with Crippen LogP contribution in [0.1, 0.15) is 36.5 Å². The number of carbonyl (C=O) groups is 2. The topological polar surface area (TPSA) is 40.6 Å². The fourth-order valence-electron chi connectivity index (χ4n) is 4.24. The van der Waals surface area contributed by atoms with Crippen LogP contribution >= 0.6 is 11.6 Å². The summed E-state index contributed by atoms with van der Waals surface area (Å²) < 4.78 is 0. The average Bonchev–Trinajstić information content (AvgIpc) is 2.95. The van der Waals surface area contributed by atoms with Crippen LogP contribution < -0.4 is 4.90 Å². The Kier molecular flexibility index (Phi) is 5.22. The maximum atomic E-state index is 13.6. The maximum Gasteiger partial charge on any atom is 0.282 e. The van der Waals surface area contributed by atoms with Crippen LogP contribution in [0, 0.1) is 19.8 Å². The molecule has 2 amide bonds. The highest BCUT2D eigenvalue weighted by Gasteiger charge is 2.43. The zero-order valence-electron chi connectivity index (χ0n) is 17.0. The number of benzene rings is 2. The second kappa shape index (κ2) is 7.68. The van der Waals surface area contributed by atoms with Gasteiger partial charge in [0.2, 0.25) is 0 Å². The molecule has 2 aliphatic rings. The lowest BCUT2D eigenvalue weighted by Gasteiger charge is -2.33. The van der Waals surface area contributed by atoms with Gasteiger partial charge in [-0.15, -0.1) is 0 Å². The smallest absolute Gasteiger partial charge is 0.282 e. The number of hydrogen-bond acceptors (Lipinski definition) is 3. The third-order valence-corrected chi connectivity index (χ3v) is 6.26. The van der Waals surface area contributed by atoms with E-state index in [0.717, 1.165) is 42.6 Å². The van der Waals surface area contributed by atoms with Gasteiger partial charge in [-0.05, 0) is 55.9 Å². The molecular formula is C24H25ClN2O2. The van der Waals surface area contributed by atoms with Gasteiger partial charge < -0.3 is 4.90 Å². The van der Waals surface area contributed by atoms with Crippen LogP contribution in [0.5, 0.6) is 0 Å². The highest BCUT2D eigenvalue weighted by Crippen LogP contribution is 2.38. The van der Waals surface area contributed by atoms with Crippen molar-refractivity contribution in [1.29, 1.82) is 0 Å². The van der Waals surface area contributed by atoms with Crippen LogP contribution in [-0.4, -0.2) is 29.8 Å². The van der Waals surface area contributed by atoms with Gasteiger partial charge in [-0.2, -0.15) is 0 Å². The summed E-state index contributed by atoms with van der Waals surface area (Å²) in [6.45, 7) is 7.61. The minimum atomic E-state index is -0.280. The Labute approximate surface area is 176 Å². The Morgan fingerprint density at radius 2 is 1.72 bits per heavy atom. The number of anilines is 1. The van der Waals surface area contributed by atoms with Crippen LogP contribution in [0.15, 0.2) is 48.2 Å². The number of likely N-dealkylation sites (tertiary alicyclic amines) is 1. The van der Waals surface area contributed by atoms with Crippen molar-refractivity contribution in [3.8, 4) is 0 Å². The van der Waals surface area contributed by atoms with Crippen molar-refractivity contribution < 1.29 is 9.59 Å². The van der Waals surface area contributed by atoms with Crippen LogP contribution in [0.3, 0.4) is 0 Å². The number of halogens is 1. The molecule has 29 heavy (non-hydrogen) atoms. The van der Waals surface area contributed by atoms with E-state index < -0.39 is 0 Å². The fourth-order valence-corrected chi connectivity index (χ4v) is 4.41. The first-order valence-corrected chi connectivity index (χ1v) is 10.5. The molecule has 0 radical (unpaired) electrons. The molecule has 0 aromatic heterocycles. The Morgan fingerprint density at radius 3 is 2.41 bits per heavy atom. The van der Waals surface area contributed by atoms with Crippen molar-refractivity contribution in [2.75, 3.05) is 18.0 Å². The number of carbonyl (C=O) groups excluding carboxylic acids is 2. The van der Waals surface area contributed by atoms with E-state index in [0.29, 0.717) is 27.9 Å². The predicted octanol–water partition coefficient (Wildman–Crippen LogP) is 4.97. The minimum absolute atomic E-state index is 0.259. The Hall–Kier alpha value is -2.59. The molecule has 2 aliphatic heterocycles. The standard InChI is InChI=1S/C24H25ClN2O2/c1-15-9-11-18(12-10-15)21-22(26-13-5-6-16(2)14-26)24(29)27(23(21)28)20-8-4-7-19(25)17(20)3/h4,7-12,16H,5-6,13-14H2,1-3H3. The molecule has 5 heteroatoms. The number of nitrogens with zero attached hydrogens (tertiary/aromatic N) is 2. The molecule has 0 saturated carbocycles. The number of imide groups is 1. The van der Waals surface area contributed by atoms with Crippen molar-refractivity contribution in [2.45, 2.75) is 33.6 Å². The molecule has 0 bridgehead atoms. The van der Waals surface area contributed by atoms with Gasteiger partial charge in [-0.25, -0.2) is 4.90 Å². The summed E-state index contributed by atoms with van der Waals surface area (Å²) in [7, 11) is 0. The Bertz CT molecular complexity index is 1010. The first-order chi connectivity index (χ1) is 13.9. The molecule has 2 heterocycles. The second-order valence-electron chi connectivity index (χ2n) is 8.11. The first kappa shape index (κ1) is 19.7. The summed E-state index contributed by atoms with van der Waals surface area (Å²) in [6.07, 6.45) is 2.16. The molecule has 1 fully saturated rings. The van der Waals surface area contributed by atoms with Gasteiger partial charge in [0.25, 0.3) is 11.8 Å². The van der Waals surface area contributed by atoms with Crippen LogP contribution in [-0.2, 0) is 9.59 Å². The third kappa shape index (κ3) is 3.46. The molecule has 0 N–H and O–H groups in total. The van der Waals surface area contributed by atoms with Gasteiger partial charge in [0, 0.05) is 18.1 Å². The molecule has 1 atom stereocenters. The zero-order valence-corrected chi connectivity index (χ0v) is 17.8. The summed E-state index contributed by atoms with van der Waals surface area (Å²) in [4.78, 5) is 30.6. The summed E-state index contributed by atoms with van der Waals surface area (Å²) in [6, 6.07) is 13.1. The van der Waals surface area contributed by atoms with E-state index in [1.54, 1.807) is 18.2 Å². The molecule has 150 valence electrons. The normalized spacial score (nSPS) is 20.1. The number of piperidine rings is 1. The second-order valence-corrected chi connectivity index (χ2v) is 8.52. The summed E-state index contributed by atoms with van der Waals surface area (Å²) in [5.74, 6) is -0.0529. The lowest BCUT2D eigenvalue weighted by Crippen LogP contribution is -2.39. The largest absolute Gasteiger partial charge is 0.366 e. The lowest BCUT2D eigenvalue weighted by atomic mass is 9.97. The van der Waals surface area contributed by atoms with Gasteiger partial charge in [0.1, 0.15) is 5.70 Å². The maximum absolute atomic E-state index is 13.6. The van der Waals surface area contributed by atoms with Crippen molar-refractivity contribution in [2.24, 2.45) is 5.92 Å². The van der Waals surface area contributed by atoms with Crippen molar-refractivity contribution in [3.63, 3.8) is 0 Å². The molecule has 0 spiro atoms. The molecule has 1 saturated heterocycles. The quantitative estimate of drug-likeness (QED) is 0.673.